The number of benzene rings is 1. The standard InChI is InChI=1S/C16H18N6O4/c1-9(10-5-3-4-6-11(10)24)19-20-15-17-13-12(22(15)7-8-23)14(25)18-16(26)21(13)2/h3-6,23-24H,7-8H2,1-2H3,(H,17,20)(H,18,25,26). The first-order chi connectivity index (χ1) is 12.4. The summed E-state index contributed by atoms with van der Waals surface area (Å²) in [5.41, 5.74) is 2.91. The minimum absolute atomic E-state index is 0.0817. The highest BCUT2D eigenvalue weighted by Crippen LogP contribution is 2.18. The van der Waals surface area contributed by atoms with Gasteiger partial charge in [0.25, 0.3) is 5.56 Å². The van der Waals surface area contributed by atoms with Gasteiger partial charge in [0.05, 0.1) is 12.3 Å². The van der Waals surface area contributed by atoms with Crippen LogP contribution in [0.25, 0.3) is 11.2 Å². The molecule has 136 valence electrons. The Morgan fingerprint density at radius 1 is 1.35 bits per heavy atom. The lowest BCUT2D eigenvalue weighted by Crippen LogP contribution is -2.29. The van der Waals surface area contributed by atoms with Crippen LogP contribution in [0.3, 0.4) is 0 Å². The van der Waals surface area contributed by atoms with Crippen molar-refractivity contribution in [1.82, 2.24) is 19.1 Å². The number of anilines is 1. The number of aliphatic hydroxyl groups is 1. The Kier molecular flexibility index (Phi) is 4.59. The number of nitrogens with zero attached hydrogens (tertiary/aromatic N) is 4. The molecule has 1 aromatic carbocycles. The number of rotatable bonds is 5. The maximum atomic E-state index is 12.2. The van der Waals surface area contributed by atoms with Gasteiger partial charge in [-0.05, 0) is 19.1 Å². The van der Waals surface area contributed by atoms with Crippen molar-refractivity contribution in [2.45, 2.75) is 13.5 Å². The Hall–Kier alpha value is -3.40. The predicted molar refractivity (Wildman–Crippen MR) is 96.6 cm³/mol. The summed E-state index contributed by atoms with van der Waals surface area (Å²) in [6.07, 6.45) is 0. The molecule has 0 atom stereocenters. The van der Waals surface area contributed by atoms with Crippen molar-refractivity contribution in [3.05, 3.63) is 50.7 Å². The van der Waals surface area contributed by atoms with Crippen LogP contribution in [-0.2, 0) is 13.6 Å². The monoisotopic (exact) mass is 358 g/mol. The molecule has 0 aliphatic heterocycles. The van der Waals surface area contributed by atoms with Crippen molar-refractivity contribution in [3.8, 4) is 5.75 Å². The SMILES string of the molecule is CC(=NNc1nc2c(c(=O)[nH]c(=O)n2C)n1CCO)c1ccccc1O. The van der Waals surface area contributed by atoms with Crippen molar-refractivity contribution in [2.75, 3.05) is 12.0 Å². The fraction of sp³-hybridized carbons (Fsp3) is 0.250. The number of aromatic hydroxyl groups is 1. The summed E-state index contributed by atoms with van der Waals surface area (Å²) in [6, 6.07) is 6.73. The maximum Gasteiger partial charge on any atom is 0.329 e. The second kappa shape index (κ2) is 6.84. The molecule has 0 saturated heterocycles. The number of nitrogens with one attached hydrogen (secondary N) is 2. The van der Waals surface area contributed by atoms with Gasteiger partial charge in [-0.3, -0.25) is 14.3 Å². The maximum absolute atomic E-state index is 12.2. The van der Waals surface area contributed by atoms with E-state index in [0.717, 1.165) is 0 Å². The molecule has 26 heavy (non-hydrogen) atoms. The van der Waals surface area contributed by atoms with E-state index in [1.54, 1.807) is 31.2 Å². The zero-order valence-corrected chi connectivity index (χ0v) is 14.2. The summed E-state index contributed by atoms with van der Waals surface area (Å²) >= 11 is 0. The smallest absolute Gasteiger partial charge is 0.329 e. The van der Waals surface area contributed by atoms with E-state index in [4.69, 9.17) is 0 Å². The van der Waals surface area contributed by atoms with Crippen molar-refractivity contribution in [2.24, 2.45) is 12.1 Å². The van der Waals surface area contributed by atoms with Gasteiger partial charge in [0.1, 0.15) is 5.75 Å². The topological polar surface area (TPSA) is 138 Å². The zero-order valence-electron chi connectivity index (χ0n) is 14.2. The van der Waals surface area contributed by atoms with E-state index in [1.807, 2.05) is 0 Å². The Balaban J connectivity index is 2.09. The third-order valence-electron chi connectivity index (χ3n) is 3.95. The quantitative estimate of drug-likeness (QED) is 0.373. The van der Waals surface area contributed by atoms with E-state index in [0.29, 0.717) is 11.3 Å². The Morgan fingerprint density at radius 2 is 2.08 bits per heavy atom. The molecule has 0 fully saturated rings. The fourth-order valence-electron chi connectivity index (χ4n) is 2.61. The first-order valence-corrected chi connectivity index (χ1v) is 7.83. The number of aliphatic hydroxyl groups excluding tert-OH is 1. The molecule has 3 rings (SSSR count). The molecule has 2 heterocycles. The molecule has 10 heteroatoms. The van der Waals surface area contributed by atoms with Crippen molar-refractivity contribution in [1.29, 1.82) is 0 Å². The lowest BCUT2D eigenvalue weighted by atomic mass is 10.1. The van der Waals surface area contributed by atoms with Gasteiger partial charge in [0, 0.05) is 19.2 Å². The van der Waals surface area contributed by atoms with Gasteiger partial charge in [0.15, 0.2) is 11.2 Å². The molecule has 3 aromatic rings. The number of aryl methyl sites for hydroxylation is 1. The molecule has 0 radical (unpaired) electrons. The number of hydrazone groups is 1. The summed E-state index contributed by atoms with van der Waals surface area (Å²) < 4.78 is 2.64. The summed E-state index contributed by atoms with van der Waals surface area (Å²) in [4.78, 5) is 30.4. The van der Waals surface area contributed by atoms with Crippen LogP contribution in [0.15, 0.2) is 39.0 Å². The lowest BCUT2D eigenvalue weighted by Gasteiger charge is -2.07. The third kappa shape index (κ3) is 2.97. The second-order valence-electron chi connectivity index (χ2n) is 5.63. The molecule has 0 bridgehead atoms. The van der Waals surface area contributed by atoms with E-state index in [2.05, 4.69) is 20.5 Å². The van der Waals surface area contributed by atoms with Crippen LogP contribution in [-0.4, -0.2) is 41.6 Å². The van der Waals surface area contributed by atoms with E-state index >= 15 is 0 Å². The first-order valence-electron chi connectivity index (χ1n) is 7.83. The van der Waals surface area contributed by atoms with Gasteiger partial charge in [0.2, 0.25) is 5.95 Å². The van der Waals surface area contributed by atoms with Crippen LogP contribution >= 0.6 is 0 Å². The van der Waals surface area contributed by atoms with Gasteiger partial charge >= 0.3 is 5.69 Å². The summed E-state index contributed by atoms with van der Waals surface area (Å²) in [5, 5.41) is 23.4. The summed E-state index contributed by atoms with van der Waals surface area (Å²) in [6.45, 7) is 1.56. The number of hydrogen-bond acceptors (Lipinski definition) is 7. The van der Waals surface area contributed by atoms with Crippen LogP contribution in [0.2, 0.25) is 0 Å². The average Bonchev–Trinajstić information content (AvgIpc) is 2.97. The Bertz CT molecular complexity index is 1110. The molecule has 0 saturated carbocycles. The largest absolute Gasteiger partial charge is 0.507 e. The molecule has 0 spiro atoms. The van der Waals surface area contributed by atoms with E-state index in [9.17, 15) is 19.8 Å². The van der Waals surface area contributed by atoms with Crippen molar-refractivity contribution >= 4 is 22.8 Å². The fourth-order valence-corrected chi connectivity index (χ4v) is 2.61. The van der Waals surface area contributed by atoms with Gasteiger partial charge in [-0.25, -0.2) is 10.2 Å². The van der Waals surface area contributed by atoms with Crippen LogP contribution in [0.4, 0.5) is 5.95 Å². The van der Waals surface area contributed by atoms with Crippen LogP contribution in [0.5, 0.6) is 5.75 Å². The second-order valence-corrected chi connectivity index (χ2v) is 5.63. The normalized spacial score (nSPS) is 11.9. The third-order valence-corrected chi connectivity index (χ3v) is 3.95. The summed E-state index contributed by atoms with van der Waals surface area (Å²) in [7, 11) is 1.48. The van der Waals surface area contributed by atoms with Gasteiger partial charge in [-0.2, -0.15) is 10.1 Å². The predicted octanol–water partition coefficient (Wildman–Crippen LogP) is -0.0427. The Morgan fingerprint density at radius 3 is 2.77 bits per heavy atom. The van der Waals surface area contributed by atoms with E-state index < -0.39 is 11.2 Å². The van der Waals surface area contributed by atoms with Crippen LogP contribution in [0.1, 0.15) is 12.5 Å². The highest BCUT2D eigenvalue weighted by atomic mass is 16.3. The number of aromatic nitrogens is 4. The number of H-pyrrole nitrogens is 1. The molecule has 0 aliphatic rings. The zero-order chi connectivity index (χ0) is 18.8. The molecule has 0 amide bonds. The van der Waals surface area contributed by atoms with Crippen LogP contribution in [0, 0.1) is 0 Å². The minimum Gasteiger partial charge on any atom is -0.507 e. The van der Waals surface area contributed by atoms with E-state index in [1.165, 1.54) is 16.2 Å². The molecule has 2 aromatic heterocycles. The first kappa shape index (κ1) is 17.4. The van der Waals surface area contributed by atoms with E-state index in [-0.39, 0.29) is 36.0 Å². The Labute approximate surface area is 147 Å². The van der Waals surface area contributed by atoms with Crippen molar-refractivity contribution < 1.29 is 10.2 Å². The number of aromatic amines is 1. The number of imidazole rings is 1. The highest BCUT2D eigenvalue weighted by Gasteiger charge is 2.17. The number of phenols is 1. The average molecular weight is 358 g/mol. The van der Waals surface area contributed by atoms with Gasteiger partial charge in [-0.1, -0.05) is 12.1 Å². The van der Waals surface area contributed by atoms with Gasteiger partial charge in [-0.15, -0.1) is 0 Å². The molecule has 0 aliphatic carbocycles. The number of fused-ring (bicyclic) bond motifs is 1. The molecule has 10 nitrogen and oxygen atoms in total. The number of hydrogen-bond donors (Lipinski definition) is 4. The molecular weight excluding hydrogens is 340 g/mol. The molecule has 0 unspecified atom stereocenters. The lowest BCUT2D eigenvalue weighted by molar-refractivity contribution is 0.278. The number of phenolic OH excluding ortho intramolecular Hbond substituents is 1. The van der Waals surface area contributed by atoms with Gasteiger partial charge < -0.3 is 14.8 Å². The molecule has 4 N–H and O–H groups in total. The molecular formula is C16H18N6O4. The number of para-hydroxylation sites is 1. The summed E-state index contributed by atoms with van der Waals surface area (Å²) in [5.74, 6) is 0.272. The highest BCUT2D eigenvalue weighted by molar-refractivity contribution is 6.01. The minimum atomic E-state index is -0.599. The van der Waals surface area contributed by atoms with Crippen molar-refractivity contribution in [3.63, 3.8) is 0 Å². The van der Waals surface area contributed by atoms with Crippen LogP contribution < -0.4 is 16.7 Å².